The lowest BCUT2D eigenvalue weighted by atomic mass is 10.0. The summed E-state index contributed by atoms with van der Waals surface area (Å²) in [7, 11) is 1.54. The predicted octanol–water partition coefficient (Wildman–Crippen LogP) is 4.55. The standard InChI is InChI=1S/C14H10Cl2N4OS/c1-20(19-21)12-7-17-13(8-4-2-3-5-10(8)15)9-6-11(16)22-14(9)18-12/h2-6H,7H2,1H3. The second-order valence-electron chi connectivity index (χ2n) is 4.55. The van der Waals surface area contributed by atoms with Gasteiger partial charge in [-0.25, -0.2) is 10.0 Å². The van der Waals surface area contributed by atoms with E-state index < -0.39 is 0 Å². The van der Waals surface area contributed by atoms with Gasteiger partial charge in [-0.1, -0.05) is 41.4 Å². The van der Waals surface area contributed by atoms with Gasteiger partial charge < -0.3 is 0 Å². The number of amidine groups is 1. The first kappa shape index (κ1) is 15.1. The second kappa shape index (κ2) is 6.16. The average Bonchev–Trinajstić information content (AvgIpc) is 2.78. The Balaban J connectivity index is 2.17. The first-order valence-electron chi connectivity index (χ1n) is 6.33. The lowest BCUT2D eigenvalue weighted by molar-refractivity contribution is 0.529. The van der Waals surface area contributed by atoms with Gasteiger partial charge in [0, 0.05) is 23.2 Å². The molecule has 0 fully saturated rings. The van der Waals surface area contributed by atoms with Crippen LogP contribution in [0.5, 0.6) is 0 Å². The van der Waals surface area contributed by atoms with Crippen molar-refractivity contribution < 1.29 is 0 Å². The minimum absolute atomic E-state index is 0.238. The maximum absolute atomic E-state index is 10.7. The molecule has 0 saturated heterocycles. The maximum Gasteiger partial charge on any atom is 0.151 e. The molecule has 0 bridgehead atoms. The van der Waals surface area contributed by atoms with E-state index in [1.54, 1.807) is 6.07 Å². The molecule has 112 valence electrons. The number of benzene rings is 1. The van der Waals surface area contributed by atoms with Crippen molar-refractivity contribution in [3.8, 4) is 0 Å². The Morgan fingerprint density at radius 2 is 2.05 bits per heavy atom. The molecule has 8 heteroatoms. The van der Waals surface area contributed by atoms with Crippen LogP contribution in [-0.4, -0.2) is 30.1 Å². The molecule has 0 unspecified atom stereocenters. The summed E-state index contributed by atoms with van der Waals surface area (Å²) in [6.45, 7) is 0.238. The van der Waals surface area contributed by atoms with Crippen molar-refractivity contribution in [2.24, 2.45) is 15.3 Å². The SMILES string of the molecule is CN(N=O)C1=Nc2sc(Cl)cc2C(c2ccccc2Cl)=NC1. The molecule has 3 rings (SSSR count). The lowest BCUT2D eigenvalue weighted by Crippen LogP contribution is -2.23. The van der Waals surface area contributed by atoms with Gasteiger partial charge in [-0.15, -0.1) is 16.2 Å². The highest BCUT2D eigenvalue weighted by Crippen LogP contribution is 2.38. The van der Waals surface area contributed by atoms with E-state index in [-0.39, 0.29) is 6.54 Å². The molecule has 1 aromatic carbocycles. The number of nitroso groups, excluding NO2 is 1. The van der Waals surface area contributed by atoms with Gasteiger partial charge in [-0.3, -0.25) is 4.99 Å². The molecule has 5 nitrogen and oxygen atoms in total. The highest BCUT2D eigenvalue weighted by molar-refractivity contribution is 7.20. The number of likely N-dealkylation sites (N-methyl/N-ethyl adjacent to an activating group) is 1. The highest BCUT2D eigenvalue weighted by atomic mass is 35.5. The number of thiophene rings is 1. The summed E-state index contributed by atoms with van der Waals surface area (Å²) in [6, 6.07) is 9.26. The van der Waals surface area contributed by atoms with Crippen LogP contribution in [0.2, 0.25) is 9.36 Å². The Hall–Kier alpha value is -1.76. The van der Waals surface area contributed by atoms with E-state index in [2.05, 4.69) is 15.3 Å². The van der Waals surface area contributed by atoms with E-state index in [4.69, 9.17) is 23.2 Å². The monoisotopic (exact) mass is 352 g/mol. The van der Waals surface area contributed by atoms with Crippen LogP contribution in [0.15, 0.2) is 45.6 Å². The summed E-state index contributed by atoms with van der Waals surface area (Å²) >= 11 is 13.7. The molecule has 22 heavy (non-hydrogen) atoms. The van der Waals surface area contributed by atoms with Gasteiger partial charge in [-0.2, -0.15) is 0 Å². The molecule has 0 spiro atoms. The minimum atomic E-state index is 0.238. The molecule has 0 atom stereocenters. The van der Waals surface area contributed by atoms with Crippen molar-refractivity contribution in [2.75, 3.05) is 13.6 Å². The van der Waals surface area contributed by atoms with Crippen LogP contribution in [0.3, 0.4) is 0 Å². The van der Waals surface area contributed by atoms with Crippen molar-refractivity contribution in [3.05, 3.63) is 55.7 Å². The van der Waals surface area contributed by atoms with E-state index in [0.29, 0.717) is 25.9 Å². The Kier molecular flexibility index (Phi) is 4.24. The van der Waals surface area contributed by atoms with Crippen LogP contribution in [0, 0.1) is 4.91 Å². The Bertz CT molecular complexity index is 800. The Labute approximate surface area is 140 Å². The molecule has 0 amide bonds. The zero-order valence-electron chi connectivity index (χ0n) is 11.5. The van der Waals surface area contributed by atoms with Crippen molar-refractivity contribution >= 4 is 51.1 Å². The van der Waals surface area contributed by atoms with Crippen LogP contribution in [0.1, 0.15) is 11.1 Å². The lowest BCUT2D eigenvalue weighted by Gasteiger charge is -2.08. The van der Waals surface area contributed by atoms with Gasteiger partial charge in [0.1, 0.15) is 5.00 Å². The maximum atomic E-state index is 10.7. The fourth-order valence-corrected chi connectivity index (χ4v) is 3.43. The molecule has 1 aromatic heterocycles. The van der Waals surface area contributed by atoms with Gasteiger partial charge in [0.25, 0.3) is 0 Å². The van der Waals surface area contributed by atoms with Crippen LogP contribution in [-0.2, 0) is 0 Å². The fraction of sp³-hybridized carbons (Fsp3) is 0.143. The molecule has 1 aliphatic heterocycles. The van der Waals surface area contributed by atoms with Crippen molar-refractivity contribution in [3.63, 3.8) is 0 Å². The predicted molar refractivity (Wildman–Crippen MR) is 91.9 cm³/mol. The third-order valence-corrected chi connectivity index (χ3v) is 4.66. The summed E-state index contributed by atoms with van der Waals surface area (Å²) in [6.07, 6.45) is 0. The van der Waals surface area contributed by atoms with Gasteiger partial charge >= 0.3 is 0 Å². The zero-order chi connectivity index (χ0) is 15.7. The summed E-state index contributed by atoms with van der Waals surface area (Å²) in [4.78, 5) is 19.8. The van der Waals surface area contributed by atoms with E-state index in [9.17, 15) is 4.91 Å². The van der Waals surface area contributed by atoms with E-state index in [0.717, 1.165) is 16.1 Å². The highest BCUT2D eigenvalue weighted by Gasteiger charge is 2.22. The Morgan fingerprint density at radius 3 is 2.77 bits per heavy atom. The first-order valence-corrected chi connectivity index (χ1v) is 7.91. The summed E-state index contributed by atoms with van der Waals surface area (Å²) in [5.74, 6) is 0.455. The van der Waals surface area contributed by atoms with Crippen LogP contribution < -0.4 is 0 Å². The van der Waals surface area contributed by atoms with Crippen LogP contribution in [0.4, 0.5) is 5.00 Å². The first-order chi connectivity index (χ1) is 10.6. The average molecular weight is 353 g/mol. The van der Waals surface area contributed by atoms with Crippen LogP contribution >= 0.6 is 34.5 Å². The van der Waals surface area contributed by atoms with Crippen molar-refractivity contribution in [1.29, 1.82) is 0 Å². The second-order valence-corrected chi connectivity index (χ2v) is 6.62. The molecule has 0 N–H and O–H groups in total. The molecule has 0 aliphatic carbocycles. The number of nitrogens with zero attached hydrogens (tertiary/aromatic N) is 4. The van der Waals surface area contributed by atoms with Crippen LogP contribution in [0.25, 0.3) is 0 Å². The molecule has 1 aliphatic rings. The smallest absolute Gasteiger partial charge is 0.151 e. The van der Waals surface area contributed by atoms with E-state index >= 15 is 0 Å². The van der Waals surface area contributed by atoms with E-state index in [1.807, 2.05) is 24.3 Å². The molecular weight excluding hydrogens is 343 g/mol. The van der Waals surface area contributed by atoms with Gasteiger partial charge in [-0.05, 0) is 12.1 Å². The van der Waals surface area contributed by atoms with Gasteiger partial charge in [0.05, 0.1) is 21.9 Å². The topological polar surface area (TPSA) is 57.4 Å². The number of fused-ring (bicyclic) bond motifs is 1. The molecule has 0 saturated carbocycles. The molecular formula is C14H10Cl2N4OS. The van der Waals surface area contributed by atoms with Crippen molar-refractivity contribution in [2.45, 2.75) is 0 Å². The van der Waals surface area contributed by atoms with Gasteiger partial charge in [0.15, 0.2) is 5.84 Å². The number of rotatable bonds is 2. The largest absolute Gasteiger partial charge is 0.276 e. The summed E-state index contributed by atoms with van der Waals surface area (Å²) in [5, 5.41) is 5.32. The molecule has 2 heterocycles. The van der Waals surface area contributed by atoms with E-state index in [1.165, 1.54) is 18.4 Å². The quantitative estimate of drug-likeness (QED) is 0.587. The number of halogens is 2. The Morgan fingerprint density at radius 1 is 1.27 bits per heavy atom. The third-order valence-electron chi connectivity index (χ3n) is 3.17. The summed E-state index contributed by atoms with van der Waals surface area (Å²) < 4.78 is 0.594. The summed E-state index contributed by atoms with van der Waals surface area (Å²) in [5.41, 5.74) is 2.32. The number of hydrogen-bond donors (Lipinski definition) is 0. The fourth-order valence-electron chi connectivity index (χ4n) is 2.10. The molecule has 2 aromatic rings. The third kappa shape index (κ3) is 2.77. The molecule has 0 radical (unpaired) electrons. The normalized spacial score (nSPS) is 13.8. The van der Waals surface area contributed by atoms with Crippen molar-refractivity contribution in [1.82, 2.24) is 5.01 Å². The zero-order valence-corrected chi connectivity index (χ0v) is 13.8. The number of aliphatic imine (C=N–C) groups is 2. The number of hydrogen-bond acceptors (Lipinski definition) is 5. The van der Waals surface area contributed by atoms with Gasteiger partial charge in [0.2, 0.25) is 0 Å². The minimum Gasteiger partial charge on any atom is -0.276 e.